The van der Waals surface area contributed by atoms with Gasteiger partial charge in [-0.1, -0.05) is 11.8 Å². The summed E-state index contributed by atoms with van der Waals surface area (Å²) in [7, 11) is -2.28. The van der Waals surface area contributed by atoms with Crippen LogP contribution in [0.15, 0.2) is 29.2 Å². The average molecular weight is 340 g/mol. The van der Waals surface area contributed by atoms with Crippen LogP contribution >= 0.6 is 0 Å². The molecule has 0 aliphatic carbocycles. The van der Waals surface area contributed by atoms with Gasteiger partial charge in [-0.3, -0.25) is 4.79 Å². The summed E-state index contributed by atoms with van der Waals surface area (Å²) in [5.41, 5.74) is 0.501. The van der Waals surface area contributed by atoms with Crippen molar-refractivity contribution in [2.45, 2.75) is 24.3 Å². The molecule has 0 spiro atoms. The molecule has 1 amide bonds. The lowest BCUT2D eigenvalue weighted by Gasteiger charge is -2.14. The molecular formula is C15H20N2O5S. The van der Waals surface area contributed by atoms with Crippen LogP contribution < -0.4 is 10.0 Å². The van der Waals surface area contributed by atoms with Gasteiger partial charge in [0.15, 0.2) is 0 Å². The molecule has 126 valence electrons. The minimum Gasteiger partial charge on any atom is -0.395 e. The lowest BCUT2D eigenvalue weighted by molar-refractivity contribution is -0.114. The molecule has 0 aliphatic rings. The zero-order valence-electron chi connectivity index (χ0n) is 13.0. The molecule has 0 saturated heterocycles. The Morgan fingerprint density at radius 3 is 2.48 bits per heavy atom. The first-order chi connectivity index (χ1) is 10.9. The first-order valence-corrected chi connectivity index (χ1v) is 8.33. The first-order valence-electron chi connectivity index (χ1n) is 6.84. The smallest absolute Gasteiger partial charge is 0.240 e. The summed E-state index contributed by atoms with van der Waals surface area (Å²) < 4.78 is 31.6. The van der Waals surface area contributed by atoms with E-state index in [1.807, 2.05) is 0 Å². The maximum Gasteiger partial charge on any atom is 0.240 e. The Morgan fingerprint density at radius 1 is 1.30 bits per heavy atom. The SMILES string of the molecule is COCC#CCC(CO)NS(=O)(=O)c1ccc(NC(C)=O)cc1. The number of aliphatic hydroxyl groups excluding tert-OH is 1. The van der Waals surface area contributed by atoms with Crippen LogP contribution in [0.5, 0.6) is 0 Å². The summed E-state index contributed by atoms with van der Waals surface area (Å²) in [4.78, 5) is 11.0. The summed E-state index contributed by atoms with van der Waals surface area (Å²) in [6.45, 7) is 1.24. The van der Waals surface area contributed by atoms with Crippen LogP contribution in [0.1, 0.15) is 13.3 Å². The zero-order valence-corrected chi connectivity index (χ0v) is 13.8. The van der Waals surface area contributed by atoms with Crippen molar-refractivity contribution in [3.8, 4) is 11.8 Å². The molecule has 23 heavy (non-hydrogen) atoms. The number of benzene rings is 1. The number of nitrogens with one attached hydrogen (secondary N) is 2. The number of hydrogen-bond acceptors (Lipinski definition) is 5. The lowest BCUT2D eigenvalue weighted by atomic mass is 10.2. The molecule has 0 radical (unpaired) electrons. The van der Waals surface area contributed by atoms with Crippen molar-refractivity contribution >= 4 is 21.6 Å². The molecule has 0 aromatic heterocycles. The van der Waals surface area contributed by atoms with E-state index in [9.17, 15) is 18.3 Å². The molecule has 8 heteroatoms. The van der Waals surface area contributed by atoms with E-state index < -0.39 is 16.1 Å². The van der Waals surface area contributed by atoms with Crippen molar-refractivity contribution in [3.63, 3.8) is 0 Å². The van der Waals surface area contributed by atoms with Gasteiger partial charge in [0.1, 0.15) is 6.61 Å². The molecule has 3 N–H and O–H groups in total. The van der Waals surface area contributed by atoms with Crippen LogP contribution in [-0.2, 0) is 19.6 Å². The predicted molar refractivity (Wildman–Crippen MR) is 86.2 cm³/mol. The summed E-state index contributed by atoms with van der Waals surface area (Å²) in [6.07, 6.45) is 0.170. The number of hydrogen-bond donors (Lipinski definition) is 3. The summed E-state index contributed by atoms with van der Waals surface area (Å²) in [5.74, 6) is 5.18. The third-order valence-corrected chi connectivity index (χ3v) is 4.25. The average Bonchev–Trinajstić information content (AvgIpc) is 2.50. The van der Waals surface area contributed by atoms with Gasteiger partial charge in [0.05, 0.1) is 17.5 Å². The van der Waals surface area contributed by atoms with E-state index in [4.69, 9.17) is 4.74 Å². The van der Waals surface area contributed by atoms with E-state index in [0.29, 0.717) is 5.69 Å². The van der Waals surface area contributed by atoms with Crippen molar-refractivity contribution < 1.29 is 23.1 Å². The Kier molecular flexibility index (Phi) is 7.71. The Bertz CT molecular complexity index is 674. The van der Waals surface area contributed by atoms with Gasteiger partial charge in [0, 0.05) is 26.1 Å². The van der Waals surface area contributed by atoms with Crippen molar-refractivity contribution in [1.82, 2.24) is 4.72 Å². The van der Waals surface area contributed by atoms with Gasteiger partial charge in [0.25, 0.3) is 0 Å². The number of carbonyl (C=O) groups excluding carboxylic acids is 1. The second-order valence-electron chi connectivity index (χ2n) is 4.70. The topological polar surface area (TPSA) is 105 Å². The minimum absolute atomic E-state index is 0.0369. The molecule has 0 aliphatic heterocycles. The van der Waals surface area contributed by atoms with E-state index in [2.05, 4.69) is 21.9 Å². The van der Waals surface area contributed by atoms with Gasteiger partial charge >= 0.3 is 0 Å². The number of carbonyl (C=O) groups is 1. The highest BCUT2D eigenvalue weighted by Crippen LogP contribution is 2.14. The Hall–Kier alpha value is -1.92. The van der Waals surface area contributed by atoms with Crippen LogP contribution in [0.3, 0.4) is 0 Å². The highest BCUT2D eigenvalue weighted by Gasteiger charge is 2.19. The molecule has 1 unspecified atom stereocenters. The monoisotopic (exact) mass is 340 g/mol. The van der Waals surface area contributed by atoms with E-state index in [1.54, 1.807) is 0 Å². The molecule has 1 aromatic rings. The maximum atomic E-state index is 12.2. The first kappa shape index (κ1) is 19.1. The van der Waals surface area contributed by atoms with Crippen molar-refractivity contribution in [3.05, 3.63) is 24.3 Å². The number of rotatable bonds is 7. The van der Waals surface area contributed by atoms with Crippen molar-refractivity contribution in [1.29, 1.82) is 0 Å². The van der Waals surface area contributed by atoms with Gasteiger partial charge < -0.3 is 15.2 Å². The number of anilines is 1. The van der Waals surface area contributed by atoms with E-state index in [-0.39, 0.29) is 30.4 Å². The minimum atomic E-state index is -3.78. The summed E-state index contributed by atoms with van der Waals surface area (Å²) >= 11 is 0. The molecule has 7 nitrogen and oxygen atoms in total. The zero-order chi connectivity index (χ0) is 17.3. The molecule has 0 bridgehead atoms. The van der Waals surface area contributed by atoms with E-state index >= 15 is 0 Å². The van der Waals surface area contributed by atoms with Gasteiger partial charge in [0.2, 0.25) is 15.9 Å². The third-order valence-electron chi connectivity index (χ3n) is 2.72. The Balaban J connectivity index is 2.77. The number of ether oxygens (including phenoxy) is 1. The molecule has 0 saturated carbocycles. The normalized spacial score (nSPS) is 12.1. The van der Waals surface area contributed by atoms with Crippen LogP contribution in [-0.4, -0.2) is 45.8 Å². The highest BCUT2D eigenvalue weighted by atomic mass is 32.2. The van der Waals surface area contributed by atoms with Crippen LogP contribution in [0.4, 0.5) is 5.69 Å². The van der Waals surface area contributed by atoms with Crippen molar-refractivity contribution in [2.24, 2.45) is 0 Å². The summed E-state index contributed by atoms with van der Waals surface area (Å²) in [6, 6.07) is 5.02. The molecule has 0 heterocycles. The summed E-state index contributed by atoms with van der Waals surface area (Å²) in [5, 5.41) is 11.8. The van der Waals surface area contributed by atoms with Gasteiger partial charge in [-0.2, -0.15) is 0 Å². The van der Waals surface area contributed by atoms with Crippen LogP contribution in [0.25, 0.3) is 0 Å². The molecule has 1 rings (SSSR count). The third kappa shape index (κ3) is 6.80. The lowest BCUT2D eigenvalue weighted by Crippen LogP contribution is -2.37. The van der Waals surface area contributed by atoms with Gasteiger partial charge in [-0.05, 0) is 24.3 Å². The molecular weight excluding hydrogens is 320 g/mol. The van der Waals surface area contributed by atoms with E-state index in [0.717, 1.165) is 0 Å². The standard InChI is InChI=1S/C15H20N2O5S/c1-12(19)16-13-6-8-15(9-7-13)23(20,21)17-14(11-18)5-3-4-10-22-2/h6-9,14,17-18H,5,10-11H2,1-2H3,(H,16,19). The molecule has 1 aromatic carbocycles. The van der Waals surface area contributed by atoms with E-state index in [1.165, 1.54) is 38.3 Å². The number of aliphatic hydroxyl groups is 1. The Labute approximate surface area is 136 Å². The van der Waals surface area contributed by atoms with Crippen molar-refractivity contribution in [2.75, 3.05) is 25.6 Å². The number of amides is 1. The number of methoxy groups -OCH3 is 1. The quantitative estimate of drug-likeness (QED) is 0.620. The highest BCUT2D eigenvalue weighted by molar-refractivity contribution is 7.89. The predicted octanol–water partition coefficient (Wildman–Crippen LogP) is 0.324. The maximum absolute atomic E-state index is 12.2. The second kappa shape index (κ2) is 9.27. The van der Waals surface area contributed by atoms with Crippen LogP contribution in [0, 0.1) is 11.8 Å². The fourth-order valence-corrected chi connectivity index (χ4v) is 2.90. The fourth-order valence-electron chi connectivity index (χ4n) is 1.67. The second-order valence-corrected chi connectivity index (χ2v) is 6.41. The Morgan fingerprint density at radius 2 is 1.96 bits per heavy atom. The number of sulfonamides is 1. The largest absolute Gasteiger partial charge is 0.395 e. The van der Waals surface area contributed by atoms with Gasteiger partial charge in [-0.15, -0.1) is 0 Å². The molecule has 0 fully saturated rings. The van der Waals surface area contributed by atoms with Crippen LogP contribution in [0.2, 0.25) is 0 Å². The molecule has 1 atom stereocenters. The fraction of sp³-hybridized carbons (Fsp3) is 0.400. The van der Waals surface area contributed by atoms with Gasteiger partial charge in [-0.25, -0.2) is 13.1 Å².